The van der Waals surface area contributed by atoms with E-state index in [0.29, 0.717) is 23.4 Å². The van der Waals surface area contributed by atoms with Gasteiger partial charge in [0.2, 0.25) is 5.79 Å². The molecular weight excluding hydrogens is 395 g/mol. The van der Waals surface area contributed by atoms with Gasteiger partial charge in [-0.25, -0.2) is 9.37 Å². The molecule has 25 heavy (non-hydrogen) atoms. The van der Waals surface area contributed by atoms with E-state index in [-0.39, 0.29) is 34.8 Å². The zero-order valence-corrected chi connectivity index (χ0v) is 14.3. The molecule has 2 heterocycles. The molecule has 6 nitrogen and oxygen atoms in total. The number of rotatable bonds is 2. The van der Waals surface area contributed by atoms with Crippen molar-refractivity contribution in [1.82, 2.24) is 4.98 Å². The molecule has 2 aromatic rings. The number of ketones is 1. The number of ether oxygens (including phenoxy) is 3. The second kappa shape index (κ2) is 5.88. The molecule has 1 fully saturated rings. The Labute approximate surface area is 150 Å². The van der Waals surface area contributed by atoms with Gasteiger partial charge >= 0.3 is 0 Å². The Morgan fingerprint density at radius 2 is 2.08 bits per heavy atom. The predicted molar refractivity (Wildman–Crippen MR) is 85.7 cm³/mol. The molecule has 0 unspecified atom stereocenters. The molecule has 8 heteroatoms. The molecule has 0 atom stereocenters. The number of Topliss-reactive ketones (excluding diaryl/α,β-unsaturated/α-hetero) is 1. The number of nitrogens with zero attached hydrogens (tertiary/aromatic N) is 2. The van der Waals surface area contributed by atoms with Gasteiger partial charge in [-0.3, -0.25) is 4.79 Å². The molecule has 1 spiro atoms. The zero-order valence-electron chi connectivity index (χ0n) is 12.7. The maximum Gasteiger partial charge on any atom is 0.205 e. The molecule has 126 valence electrons. The van der Waals surface area contributed by atoms with Crippen molar-refractivity contribution in [3.8, 4) is 17.6 Å². The normalized spacial score (nSPS) is 17.6. The summed E-state index contributed by atoms with van der Waals surface area (Å²) in [5.74, 6) is -1.61. The summed E-state index contributed by atoms with van der Waals surface area (Å²) in [6.07, 6.45) is 1.40. The van der Waals surface area contributed by atoms with Gasteiger partial charge < -0.3 is 14.2 Å². The summed E-state index contributed by atoms with van der Waals surface area (Å²) in [6, 6.07) is 5.44. The van der Waals surface area contributed by atoms with Gasteiger partial charge in [-0.15, -0.1) is 0 Å². The summed E-state index contributed by atoms with van der Waals surface area (Å²) in [4.78, 5) is 16.8. The Morgan fingerprint density at radius 1 is 1.32 bits per heavy atom. The monoisotopic (exact) mass is 404 g/mol. The number of halogens is 2. The zero-order chi connectivity index (χ0) is 17.6. The Hall–Kier alpha value is -2.34. The molecule has 1 aromatic carbocycles. The molecule has 2 aliphatic rings. The van der Waals surface area contributed by atoms with Gasteiger partial charge in [-0.05, 0) is 34.1 Å². The van der Waals surface area contributed by atoms with E-state index in [1.807, 2.05) is 6.07 Å². The molecule has 4 rings (SSSR count). The highest BCUT2D eigenvalue weighted by atomic mass is 79.9. The van der Waals surface area contributed by atoms with Crippen LogP contribution in [0.1, 0.15) is 27.9 Å². The van der Waals surface area contributed by atoms with Crippen LogP contribution in [0.25, 0.3) is 0 Å². The quantitative estimate of drug-likeness (QED) is 0.713. The van der Waals surface area contributed by atoms with Crippen LogP contribution < -0.4 is 4.74 Å². The van der Waals surface area contributed by atoms with Crippen molar-refractivity contribution in [2.45, 2.75) is 12.2 Å². The number of carbonyl (C=O) groups is 1. The molecule has 0 saturated carbocycles. The summed E-state index contributed by atoms with van der Waals surface area (Å²) in [5.41, 5.74) is 0.787. The standard InChI is InChI=1S/C17H10BrFN2O4/c18-16-15-14(11(22)6-17(15)23-3-4-24-17)13(8-21-16)25-12-2-1-10(19)5-9(12)7-20/h1-2,5,8H,3-4,6H2. The van der Waals surface area contributed by atoms with Crippen molar-refractivity contribution in [3.05, 3.63) is 51.5 Å². The van der Waals surface area contributed by atoms with Crippen LogP contribution in [0.3, 0.4) is 0 Å². The summed E-state index contributed by atoms with van der Waals surface area (Å²) in [6.45, 7) is 0.752. The second-order valence-electron chi connectivity index (χ2n) is 5.57. The van der Waals surface area contributed by atoms with E-state index in [1.165, 1.54) is 18.3 Å². The fourth-order valence-corrected chi connectivity index (χ4v) is 3.66. The van der Waals surface area contributed by atoms with Gasteiger partial charge in [0.15, 0.2) is 11.5 Å². The Morgan fingerprint density at radius 3 is 2.80 bits per heavy atom. The predicted octanol–water partition coefficient (Wildman–Crippen LogP) is 3.43. The van der Waals surface area contributed by atoms with E-state index in [1.54, 1.807) is 0 Å². The third kappa shape index (κ3) is 2.52. The van der Waals surface area contributed by atoms with E-state index in [4.69, 9.17) is 19.5 Å². The minimum Gasteiger partial charge on any atom is -0.454 e. The van der Waals surface area contributed by atoms with Crippen LogP contribution in [-0.4, -0.2) is 24.0 Å². The summed E-state index contributed by atoms with van der Waals surface area (Å²) in [7, 11) is 0. The number of pyridine rings is 1. The lowest BCUT2D eigenvalue weighted by molar-refractivity contribution is -0.158. The molecule has 0 radical (unpaired) electrons. The fraction of sp³-hybridized carbons (Fsp3) is 0.235. The molecule has 1 saturated heterocycles. The summed E-state index contributed by atoms with van der Waals surface area (Å²) < 4.78 is 30.8. The smallest absolute Gasteiger partial charge is 0.205 e. The van der Waals surface area contributed by atoms with Crippen molar-refractivity contribution in [1.29, 1.82) is 5.26 Å². The van der Waals surface area contributed by atoms with Gasteiger partial charge in [0.1, 0.15) is 22.2 Å². The van der Waals surface area contributed by atoms with Crippen molar-refractivity contribution in [2.75, 3.05) is 13.2 Å². The minimum atomic E-state index is -1.15. The van der Waals surface area contributed by atoms with Crippen molar-refractivity contribution >= 4 is 21.7 Å². The molecule has 0 amide bonds. The van der Waals surface area contributed by atoms with E-state index in [0.717, 1.165) is 6.07 Å². The second-order valence-corrected chi connectivity index (χ2v) is 6.32. The third-order valence-corrected chi connectivity index (χ3v) is 4.69. The van der Waals surface area contributed by atoms with Crippen LogP contribution >= 0.6 is 15.9 Å². The maximum atomic E-state index is 13.3. The van der Waals surface area contributed by atoms with Crippen LogP contribution in [0.2, 0.25) is 0 Å². The van der Waals surface area contributed by atoms with Gasteiger partial charge in [-0.1, -0.05) is 0 Å². The van der Waals surface area contributed by atoms with Crippen LogP contribution in [-0.2, 0) is 15.3 Å². The first kappa shape index (κ1) is 16.1. The van der Waals surface area contributed by atoms with Gasteiger partial charge in [-0.2, -0.15) is 5.26 Å². The molecule has 0 bridgehead atoms. The Bertz CT molecular complexity index is 935. The van der Waals surface area contributed by atoms with Crippen LogP contribution in [0, 0.1) is 17.1 Å². The maximum absolute atomic E-state index is 13.3. The number of hydrogen-bond acceptors (Lipinski definition) is 6. The first-order chi connectivity index (χ1) is 12.0. The highest BCUT2D eigenvalue weighted by Crippen LogP contribution is 2.49. The lowest BCUT2D eigenvalue weighted by Gasteiger charge is -2.22. The third-order valence-electron chi connectivity index (χ3n) is 4.09. The van der Waals surface area contributed by atoms with Crippen molar-refractivity contribution in [3.63, 3.8) is 0 Å². The molecule has 1 aromatic heterocycles. The lowest BCUT2D eigenvalue weighted by Crippen LogP contribution is -2.24. The summed E-state index contributed by atoms with van der Waals surface area (Å²) >= 11 is 3.34. The molecule has 1 aliphatic carbocycles. The number of fused-ring (bicyclic) bond motifs is 2. The van der Waals surface area contributed by atoms with Gasteiger partial charge in [0.25, 0.3) is 0 Å². The Balaban J connectivity index is 1.83. The average molecular weight is 405 g/mol. The van der Waals surface area contributed by atoms with Crippen LogP contribution in [0.4, 0.5) is 4.39 Å². The average Bonchev–Trinajstić information content (AvgIpc) is 3.17. The molecule has 1 aliphatic heterocycles. The van der Waals surface area contributed by atoms with E-state index in [9.17, 15) is 9.18 Å². The number of hydrogen-bond donors (Lipinski definition) is 0. The highest BCUT2D eigenvalue weighted by Gasteiger charge is 2.51. The number of carbonyl (C=O) groups excluding carboxylic acids is 1. The summed E-state index contributed by atoms with van der Waals surface area (Å²) in [5, 5.41) is 9.15. The van der Waals surface area contributed by atoms with E-state index < -0.39 is 11.6 Å². The topological polar surface area (TPSA) is 81.4 Å². The van der Waals surface area contributed by atoms with Gasteiger partial charge in [0.05, 0.1) is 42.5 Å². The fourth-order valence-electron chi connectivity index (χ4n) is 3.06. The first-order valence-electron chi connectivity index (χ1n) is 7.42. The van der Waals surface area contributed by atoms with E-state index in [2.05, 4.69) is 20.9 Å². The number of aromatic nitrogens is 1. The lowest BCUT2D eigenvalue weighted by atomic mass is 10.1. The van der Waals surface area contributed by atoms with Crippen molar-refractivity contribution < 1.29 is 23.4 Å². The van der Waals surface area contributed by atoms with Crippen LogP contribution in [0.15, 0.2) is 29.0 Å². The van der Waals surface area contributed by atoms with Crippen molar-refractivity contribution in [2.24, 2.45) is 0 Å². The Kier molecular flexibility index (Phi) is 3.80. The SMILES string of the molecule is N#Cc1cc(F)ccc1Oc1cnc(Br)c2c1C(=O)CC21OCCO1. The van der Waals surface area contributed by atoms with Crippen LogP contribution in [0.5, 0.6) is 11.5 Å². The largest absolute Gasteiger partial charge is 0.454 e. The minimum absolute atomic E-state index is 0.0187. The number of nitriles is 1. The molecule has 0 N–H and O–H groups in total. The highest BCUT2D eigenvalue weighted by molar-refractivity contribution is 9.10. The van der Waals surface area contributed by atoms with Gasteiger partial charge in [0, 0.05) is 0 Å². The first-order valence-corrected chi connectivity index (χ1v) is 8.21. The molecular formula is C17H10BrFN2O4. The number of benzene rings is 1. The van der Waals surface area contributed by atoms with E-state index >= 15 is 0 Å².